The summed E-state index contributed by atoms with van der Waals surface area (Å²) in [5.74, 6) is 1.96. The molecule has 3 nitrogen and oxygen atoms in total. The van der Waals surface area contributed by atoms with Crippen molar-refractivity contribution in [1.82, 2.24) is 14.9 Å². The molecule has 0 atom stereocenters. The second-order valence-corrected chi connectivity index (χ2v) is 5.35. The molecule has 1 aliphatic carbocycles. The van der Waals surface area contributed by atoms with E-state index < -0.39 is 0 Å². The van der Waals surface area contributed by atoms with Crippen molar-refractivity contribution in [2.24, 2.45) is 7.05 Å². The maximum absolute atomic E-state index is 4.70. The van der Waals surface area contributed by atoms with Crippen LogP contribution in [0.15, 0.2) is 4.60 Å². The maximum Gasteiger partial charge on any atom is 0.127 e. The number of likely N-dealkylation sites (N-methyl/N-ethyl adjacent to an activating group) is 1. The van der Waals surface area contributed by atoms with E-state index in [9.17, 15) is 0 Å². The monoisotopic (exact) mass is 285 g/mol. The van der Waals surface area contributed by atoms with Crippen molar-refractivity contribution in [3.63, 3.8) is 0 Å². The Kier molecular flexibility index (Phi) is 4.03. The molecule has 1 aliphatic rings. The molecule has 0 radical (unpaired) electrons. The lowest BCUT2D eigenvalue weighted by molar-refractivity contribution is 0.617. The van der Waals surface area contributed by atoms with Crippen molar-refractivity contribution in [3.05, 3.63) is 16.1 Å². The molecule has 2 rings (SSSR count). The molecular formula is C12H20BrN3. The molecule has 1 N–H and O–H groups in total. The Morgan fingerprint density at radius 1 is 1.44 bits per heavy atom. The second kappa shape index (κ2) is 5.32. The number of hydrogen-bond acceptors (Lipinski definition) is 2. The van der Waals surface area contributed by atoms with E-state index in [2.05, 4.69) is 32.9 Å². The molecule has 1 fully saturated rings. The molecule has 1 heterocycles. The smallest absolute Gasteiger partial charge is 0.127 e. The molecule has 16 heavy (non-hydrogen) atoms. The summed E-state index contributed by atoms with van der Waals surface area (Å²) in [6.07, 6.45) is 6.38. The highest BCUT2D eigenvalue weighted by molar-refractivity contribution is 9.10. The van der Waals surface area contributed by atoms with Gasteiger partial charge in [0.1, 0.15) is 10.4 Å². The Morgan fingerprint density at radius 3 is 2.75 bits per heavy atom. The van der Waals surface area contributed by atoms with Crippen LogP contribution in [0.25, 0.3) is 0 Å². The third-order valence-corrected chi connectivity index (χ3v) is 4.17. The predicted molar refractivity (Wildman–Crippen MR) is 69.7 cm³/mol. The summed E-state index contributed by atoms with van der Waals surface area (Å²) in [5.41, 5.74) is 1.32. The Morgan fingerprint density at radius 2 is 2.12 bits per heavy atom. The SMILES string of the molecule is CNCCc1c(Br)nc(C2CCCC2)n1C. The van der Waals surface area contributed by atoms with Gasteiger partial charge in [-0.15, -0.1) is 0 Å². The molecule has 0 unspecified atom stereocenters. The molecule has 0 aliphatic heterocycles. The minimum absolute atomic E-state index is 0.685. The zero-order valence-electron chi connectivity index (χ0n) is 10.1. The van der Waals surface area contributed by atoms with E-state index in [0.29, 0.717) is 5.92 Å². The summed E-state index contributed by atoms with van der Waals surface area (Å²) >= 11 is 3.59. The van der Waals surface area contributed by atoms with E-state index in [1.54, 1.807) is 0 Å². The highest BCUT2D eigenvalue weighted by Gasteiger charge is 2.23. The lowest BCUT2D eigenvalue weighted by Gasteiger charge is -2.10. The zero-order valence-corrected chi connectivity index (χ0v) is 11.7. The quantitative estimate of drug-likeness (QED) is 0.922. The van der Waals surface area contributed by atoms with Gasteiger partial charge in [-0.05, 0) is 35.8 Å². The zero-order chi connectivity index (χ0) is 11.5. The van der Waals surface area contributed by atoms with Crippen LogP contribution in [-0.4, -0.2) is 23.1 Å². The van der Waals surface area contributed by atoms with Gasteiger partial charge in [0.25, 0.3) is 0 Å². The number of aromatic nitrogens is 2. The van der Waals surface area contributed by atoms with Gasteiger partial charge in [0, 0.05) is 25.9 Å². The molecule has 0 aromatic carbocycles. The fourth-order valence-corrected chi connectivity index (χ4v) is 3.23. The first kappa shape index (κ1) is 12.1. The Hall–Kier alpha value is -0.350. The topological polar surface area (TPSA) is 29.9 Å². The molecule has 4 heteroatoms. The number of halogens is 1. The molecule has 0 bridgehead atoms. The summed E-state index contributed by atoms with van der Waals surface area (Å²) in [6, 6.07) is 0. The van der Waals surface area contributed by atoms with Crippen molar-refractivity contribution in [3.8, 4) is 0 Å². The van der Waals surface area contributed by atoms with Gasteiger partial charge < -0.3 is 9.88 Å². The van der Waals surface area contributed by atoms with Crippen LogP contribution in [0.2, 0.25) is 0 Å². The molecule has 1 saturated carbocycles. The second-order valence-electron chi connectivity index (χ2n) is 4.60. The van der Waals surface area contributed by atoms with Crippen LogP contribution >= 0.6 is 15.9 Å². The van der Waals surface area contributed by atoms with Gasteiger partial charge >= 0.3 is 0 Å². The van der Waals surface area contributed by atoms with Gasteiger partial charge in [-0.2, -0.15) is 0 Å². The van der Waals surface area contributed by atoms with E-state index in [4.69, 9.17) is 4.98 Å². The molecule has 1 aromatic heterocycles. The van der Waals surface area contributed by atoms with Crippen LogP contribution in [0, 0.1) is 0 Å². The number of rotatable bonds is 4. The van der Waals surface area contributed by atoms with Crippen LogP contribution < -0.4 is 5.32 Å². The summed E-state index contributed by atoms with van der Waals surface area (Å²) in [4.78, 5) is 4.70. The van der Waals surface area contributed by atoms with Gasteiger partial charge in [0.15, 0.2) is 0 Å². The lowest BCUT2D eigenvalue weighted by Crippen LogP contribution is -2.13. The Bertz CT molecular complexity index is 353. The first-order valence-corrected chi connectivity index (χ1v) is 6.89. The third-order valence-electron chi connectivity index (χ3n) is 3.53. The highest BCUT2D eigenvalue weighted by Crippen LogP contribution is 2.35. The molecule has 1 aromatic rings. The third kappa shape index (κ3) is 2.33. The first-order chi connectivity index (χ1) is 7.74. The predicted octanol–water partition coefficient (Wildman–Crippen LogP) is 2.60. The normalized spacial score (nSPS) is 17.2. The molecule has 0 amide bonds. The summed E-state index contributed by atoms with van der Waals surface area (Å²) < 4.78 is 3.32. The van der Waals surface area contributed by atoms with Crippen LogP contribution in [-0.2, 0) is 13.5 Å². The average molecular weight is 286 g/mol. The van der Waals surface area contributed by atoms with Gasteiger partial charge in [-0.3, -0.25) is 0 Å². The van der Waals surface area contributed by atoms with E-state index in [-0.39, 0.29) is 0 Å². The largest absolute Gasteiger partial charge is 0.334 e. The lowest BCUT2D eigenvalue weighted by atomic mass is 10.1. The summed E-state index contributed by atoms with van der Waals surface area (Å²) in [7, 11) is 4.14. The molecule has 0 saturated heterocycles. The van der Waals surface area contributed by atoms with Gasteiger partial charge in [0.05, 0.1) is 5.69 Å². The van der Waals surface area contributed by atoms with Crippen molar-refractivity contribution in [2.45, 2.75) is 38.0 Å². The number of nitrogens with one attached hydrogen (secondary N) is 1. The fraction of sp³-hybridized carbons (Fsp3) is 0.750. The minimum atomic E-state index is 0.685. The van der Waals surface area contributed by atoms with Crippen molar-refractivity contribution >= 4 is 15.9 Å². The van der Waals surface area contributed by atoms with Crippen LogP contribution in [0.5, 0.6) is 0 Å². The van der Waals surface area contributed by atoms with Crippen LogP contribution in [0.4, 0.5) is 0 Å². The van der Waals surface area contributed by atoms with Gasteiger partial charge in [-0.1, -0.05) is 12.8 Å². The summed E-state index contributed by atoms with van der Waals surface area (Å²) in [5, 5.41) is 3.19. The van der Waals surface area contributed by atoms with E-state index in [1.807, 2.05) is 7.05 Å². The van der Waals surface area contributed by atoms with E-state index in [1.165, 1.54) is 37.2 Å². The van der Waals surface area contributed by atoms with E-state index in [0.717, 1.165) is 17.6 Å². The van der Waals surface area contributed by atoms with Crippen molar-refractivity contribution in [1.29, 1.82) is 0 Å². The minimum Gasteiger partial charge on any atom is -0.334 e. The fourth-order valence-electron chi connectivity index (χ4n) is 2.58. The van der Waals surface area contributed by atoms with Crippen LogP contribution in [0.1, 0.15) is 43.1 Å². The standard InChI is InChI=1S/C12H20BrN3/c1-14-8-7-10-11(13)15-12(16(10)2)9-5-3-4-6-9/h9,14H,3-8H2,1-2H3. The molecule has 0 spiro atoms. The molecular weight excluding hydrogens is 266 g/mol. The van der Waals surface area contributed by atoms with Crippen LogP contribution in [0.3, 0.4) is 0 Å². The molecule has 90 valence electrons. The Balaban J connectivity index is 2.19. The number of hydrogen-bond donors (Lipinski definition) is 1. The van der Waals surface area contributed by atoms with Gasteiger partial charge in [-0.25, -0.2) is 4.98 Å². The number of imidazole rings is 1. The first-order valence-electron chi connectivity index (χ1n) is 6.09. The van der Waals surface area contributed by atoms with Crippen molar-refractivity contribution in [2.75, 3.05) is 13.6 Å². The highest BCUT2D eigenvalue weighted by atomic mass is 79.9. The van der Waals surface area contributed by atoms with Crippen molar-refractivity contribution < 1.29 is 0 Å². The average Bonchev–Trinajstić information content (AvgIpc) is 2.86. The number of nitrogens with zero attached hydrogens (tertiary/aromatic N) is 2. The van der Waals surface area contributed by atoms with Gasteiger partial charge in [0.2, 0.25) is 0 Å². The maximum atomic E-state index is 4.70. The van der Waals surface area contributed by atoms with E-state index >= 15 is 0 Å². The Labute approximate surface area is 106 Å². The summed E-state index contributed by atoms with van der Waals surface area (Å²) in [6.45, 7) is 1.00.